The highest BCUT2D eigenvalue weighted by atomic mass is 79.9. The van der Waals surface area contributed by atoms with E-state index in [2.05, 4.69) is 70.6 Å². The highest BCUT2D eigenvalue weighted by molar-refractivity contribution is 9.10. The van der Waals surface area contributed by atoms with Gasteiger partial charge in [0.05, 0.1) is 0 Å². The van der Waals surface area contributed by atoms with Gasteiger partial charge in [-0.15, -0.1) is 0 Å². The molecule has 0 bridgehead atoms. The Morgan fingerprint density at radius 2 is 1.65 bits per heavy atom. The maximum atomic E-state index is 3.58. The molecule has 2 aromatic carbocycles. The number of rotatable bonds is 3. The van der Waals surface area contributed by atoms with Crippen LogP contribution in [-0.4, -0.2) is 7.05 Å². The quantitative estimate of drug-likeness (QED) is 0.883. The number of hydrogen-bond donors (Lipinski definition) is 1. The lowest BCUT2D eigenvalue weighted by Gasteiger charge is -2.11. The molecule has 0 aliphatic heterocycles. The second kappa shape index (κ2) is 5.48. The Hall–Kier alpha value is -1.12. The van der Waals surface area contributed by atoms with E-state index in [-0.39, 0.29) is 0 Å². The zero-order chi connectivity index (χ0) is 12.3. The van der Waals surface area contributed by atoms with Gasteiger partial charge in [-0.05, 0) is 36.7 Å². The molecular formula is C15H16BrN. The Kier molecular flexibility index (Phi) is 3.97. The molecule has 0 aliphatic carbocycles. The zero-order valence-electron chi connectivity index (χ0n) is 10.1. The van der Waals surface area contributed by atoms with E-state index in [0.29, 0.717) is 6.04 Å². The molecular weight excluding hydrogens is 274 g/mol. The van der Waals surface area contributed by atoms with Crippen LogP contribution in [0.15, 0.2) is 53.0 Å². The molecule has 0 radical (unpaired) electrons. The van der Waals surface area contributed by atoms with Crippen LogP contribution in [0.2, 0.25) is 0 Å². The molecule has 1 atom stereocenters. The Morgan fingerprint density at radius 1 is 1.00 bits per heavy atom. The molecule has 0 saturated carbocycles. The summed E-state index contributed by atoms with van der Waals surface area (Å²) in [6, 6.07) is 17.4. The van der Waals surface area contributed by atoms with Gasteiger partial charge >= 0.3 is 0 Å². The molecule has 88 valence electrons. The average molecular weight is 290 g/mol. The molecule has 0 spiro atoms. The summed E-state index contributed by atoms with van der Waals surface area (Å²) in [6.07, 6.45) is 0. The van der Waals surface area contributed by atoms with Gasteiger partial charge in [0.1, 0.15) is 0 Å². The summed E-state index contributed by atoms with van der Waals surface area (Å²) in [4.78, 5) is 0. The second-order valence-corrected chi connectivity index (χ2v) is 4.97. The normalized spacial score (nSPS) is 12.4. The van der Waals surface area contributed by atoms with Crippen LogP contribution in [0.5, 0.6) is 0 Å². The molecule has 17 heavy (non-hydrogen) atoms. The molecule has 0 aromatic heterocycles. The van der Waals surface area contributed by atoms with Crippen molar-refractivity contribution in [3.8, 4) is 11.1 Å². The van der Waals surface area contributed by atoms with Crippen LogP contribution in [0, 0.1) is 0 Å². The molecule has 0 fully saturated rings. The molecule has 1 N–H and O–H groups in total. The predicted molar refractivity (Wildman–Crippen MR) is 77.1 cm³/mol. The third-order valence-corrected chi connectivity index (χ3v) is 3.72. The molecule has 2 rings (SSSR count). The summed E-state index contributed by atoms with van der Waals surface area (Å²) in [7, 11) is 1.98. The fourth-order valence-electron chi connectivity index (χ4n) is 1.81. The minimum absolute atomic E-state index is 0.392. The van der Waals surface area contributed by atoms with Crippen LogP contribution in [0.3, 0.4) is 0 Å². The van der Waals surface area contributed by atoms with Crippen molar-refractivity contribution < 1.29 is 0 Å². The molecule has 0 saturated heterocycles. The first-order valence-electron chi connectivity index (χ1n) is 5.74. The van der Waals surface area contributed by atoms with Crippen LogP contribution in [0.1, 0.15) is 18.5 Å². The highest BCUT2D eigenvalue weighted by Crippen LogP contribution is 2.28. The lowest BCUT2D eigenvalue weighted by atomic mass is 10.0. The van der Waals surface area contributed by atoms with Gasteiger partial charge in [-0.3, -0.25) is 0 Å². The lowest BCUT2D eigenvalue weighted by Crippen LogP contribution is -2.11. The first-order valence-corrected chi connectivity index (χ1v) is 6.54. The Morgan fingerprint density at radius 3 is 2.24 bits per heavy atom. The number of halogens is 1. The van der Waals surface area contributed by atoms with Crippen LogP contribution >= 0.6 is 15.9 Å². The van der Waals surface area contributed by atoms with Gasteiger partial charge in [0.15, 0.2) is 0 Å². The average Bonchev–Trinajstić information content (AvgIpc) is 2.39. The molecule has 0 heterocycles. The van der Waals surface area contributed by atoms with E-state index in [1.165, 1.54) is 16.7 Å². The predicted octanol–water partition coefficient (Wildman–Crippen LogP) is 4.40. The van der Waals surface area contributed by atoms with Crippen molar-refractivity contribution in [3.05, 3.63) is 58.6 Å². The van der Waals surface area contributed by atoms with Gasteiger partial charge in [0, 0.05) is 10.5 Å². The largest absolute Gasteiger partial charge is 0.313 e. The fourth-order valence-corrected chi connectivity index (χ4v) is 2.33. The third-order valence-electron chi connectivity index (χ3n) is 3.03. The topological polar surface area (TPSA) is 12.0 Å². The van der Waals surface area contributed by atoms with Crippen LogP contribution < -0.4 is 5.32 Å². The van der Waals surface area contributed by atoms with Gasteiger partial charge in [-0.25, -0.2) is 0 Å². The van der Waals surface area contributed by atoms with Crippen molar-refractivity contribution in [2.75, 3.05) is 7.05 Å². The SMILES string of the molecule is CNC(C)c1ccc(-c2ccccc2Br)cc1. The van der Waals surface area contributed by atoms with Gasteiger partial charge in [0.25, 0.3) is 0 Å². The first-order chi connectivity index (χ1) is 8.22. The van der Waals surface area contributed by atoms with E-state index in [1.54, 1.807) is 0 Å². The summed E-state index contributed by atoms with van der Waals surface area (Å²) in [6.45, 7) is 2.16. The molecule has 2 aromatic rings. The van der Waals surface area contributed by atoms with E-state index in [4.69, 9.17) is 0 Å². The fraction of sp³-hybridized carbons (Fsp3) is 0.200. The number of nitrogens with one attached hydrogen (secondary N) is 1. The lowest BCUT2D eigenvalue weighted by molar-refractivity contribution is 0.652. The minimum Gasteiger partial charge on any atom is -0.313 e. The van der Waals surface area contributed by atoms with Gasteiger partial charge < -0.3 is 5.32 Å². The highest BCUT2D eigenvalue weighted by Gasteiger charge is 2.04. The smallest absolute Gasteiger partial charge is 0.0289 e. The summed E-state index contributed by atoms with van der Waals surface area (Å²) >= 11 is 3.58. The monoisotopic (exact) mass is 289 g/mol. The van der Waals surface area contributed by atoms with Gasteiger partial charge in [0.2, 0.25) is 0 Å². The number of hydrogen-bond acceptors (Lipinski definition) is 1. The van der Waals surface area contributed by atoms with Crippen LogP contribution in [0.25, 0.3) is 11.1 Å². The van der Waals surface area contributed by atoms with Gasteiger partial charge in [-0.2, -0.15) is 0 Å². The van der Waals surface area contributed by atoms with Crippen molar-refractivity contribution >= 4 is 15.9 Å². The Balaban J connectivity index is 2.33. The van der Waals surface area contributed by atoms with Gasteiger partial charge in [-0.1, -0.05) is 58.4 Å². The summed E-state index contributed by atoms with van der Waals surface area (Å²) < 4.78 is 1.13. The summed E-state index contributed by atoms with van der Waals surface area (Å²) in [5, 5.41) is 3.24. The van der Waals surface area contributed by atoms with E-state index in [9.17, 15) is 0 Å². The van der Waals surface area contributed by atoms with E-state index < -0.39 is 0 Å². The van der Waals surface area contributed by atoms with E-state index in [1.807, 2.05) is 13.1 Å². The van der Waals surface area contributed by atoms with E-state index >= 15 is 0 Å². The maximum absolute atomic E-state index is 3.58. The van der Waals surface area contributed by atoms with Crippen molar-refractivity contribution in [1.82, 2.24) is 5.32 Å². The summed E-state index contributed by atoms with van der Waals surface area (Å²) in [5.41, 5.74) is 3.78. The Bertz CT molecular complexity index is 491. The molecule has 0 aliphatic rings. The van der Waals surface area contributed by atoms with Crippen LogP contribution in [-0.2, 0) is 0 Å². The van der Waals surface area contributed by atoms with Crippen molar-refractivity contribution in [2.45, 2.75) is 13.0 Å². The zero-order valence-corrected chi connectivity index (χ0v) is 11.7. The van der Waals surface area contributed by atoms with Crippen molar-refractivity contribution in [3.63, 3.8) is 0 Å². The van der Waals surface area contributed by atoms with Crippen molar-refractivity contribution in [2.24, 2.45) is 0 Å². The molecule has 1 nitrogen and oxygen atoms in total. The summed E-state index contributed by atoms with van der Waals surface area (Å²) in [5.74, 6) is 0. The van der Waals surface area contributed by atoms with E-state index in [0.717, 1.165) is 4.47 Å². The molecule has 1 unspecified atom stereocenters. The Labute approximate surface area is 111 Å². The maximum Gasteiger partial charge on any atom is 0.0289 e. The molecule has 2 heteroatoms. The number of benzene rings is 2. The third kappa shape index (κ3) is 2.76. The van der Waals surface area contributed by atoms with Crippen LogP contribution in [0.4, 0.5) is 0 Å². The standard InChI is InChI=1S/C15H16BrN/c1-11(17-2)12-7-9-13(10-8-12)14-5-3-4-6-15(14)16/h3-11,17H,1-2H3. The first kappa shape index (κ1) is 12.3. The molecule has 0 amide bonds. The minimum atomic E-state index is 0.392. The second-order valence-electron chi connectivity index (χ2n) is 4.11. The van der Waals surface area contributed by atoms with Crippen molar-refractivity contribution in [1.29, 1.82) is 0 Å².